The Morgan fingerprint density at radius 1 is 1.05 bits per heavy atom. The van der Waals surface area contributed by atoms with E-state index in [1.807, 2.05) is 36.4 Å². The normalized spacial score (nSPS) is 10.5. The van der Waals surface area contributed by atoms with Gasteiger partial charge < -0.3 is 19.8 Å². The van der Waals surface area contributed by atoms with Gasteiger partial charge in [0.15, 0.2) is 0 Å². The maximum Gasteiger partial charge on any atom is 0.257 e. The first-order valence-electron chi connectivity index (χ1n) is 6.82. The van der Waals surface area contributed by atoms with E-state index in [0.717, 1.165) is 10.9 Å². The summed E-state index contributed by atoms with van der Waals surface area (Å²) in [6, 6.07) is 12.8. The number of hydrogen-bond acceptors (Lipinski definition) is 3. The van der Waals surface area contributed by atoms with Gasteiger partial charge in [-0.15, -0.1) is 0 Å². The Morgan fingerprint density at radius 2 is 1.82 bits per heavy atom. The lowest BCUT2D eigenvalue weighted by atomic mass is 10.1. The zero-order valence-corrected chi connectivity index (χ0v) is 12.3. The molecular formula is C17H16N2O3. The van der Waals surface area contributed by atoms with Crippen molar-refractivity contribution in [2.45, 2.75) is 0 Å². The van der Waals surface area contributed by atoms with E-state index in [1.54, 1.807) is 26.5 Å². The molecular weight excluding hydrogens is 280 g/mol. The summed E-state index contributed by atoms with van der Waals surface area (Å²) in [5.74, 6) is 1.22. The van der Waals surface area contributed by atoms with Crippen LogP contribution in [0.4, 0.5) is 5.69 Å². The molecule has 3 rings (SSSR count). The first-order valence-corrected chi connectivity index (χ1v) is 6.82. The molecule has 3 aromatic rings. The second kappa shape index (κ2) is 5.81. The average molecular weight is 296 g/mol. The van der Waals surface area contributed by atoms with Crippen LogP contribution < -0.4 is 14.8 Å². The van der Waals surface area contributed by atoms with Gasteiger partial charge in [0, 0.05) is 28.9 Å². The minimum Gasteiger partial charge on any atom is -0.497 e. The van der Waals surface area contributed by atoms with Gasteiger partial charge >= 0.3 is 0 Å². The Morgan fingerprint density at radius 3 is 2.59 bits per heavy atom. The highest BCUT2D eigenvalue weighted by Crippen LogP contribution is 2.25. The highest BCUT2D eigenvalue weighted by atomic mass is 16.5. The lowest BCUT2D eigenvalue weighted by molar-refractivity contribution is 0.102. The lowest BCUT2D eigenvalue weighted by Crippen LogP contribution is -2.11. The average Bonchev–Trinajstić information content (AvgIpc) is 2.98. The summed E-state index contributed by atoms with van der Waals surface area (Å²) in [5.41, 5.74) is 2.13. The zero-order chi connectivity index (χ0) is 15.5. The molecule has 0 bridgehead atoms. The smallest absolute Gasteiger partial charge is 0.257 e. The molecule has 0 radical (unpaired) electrons. The summed E-state index contributed by atoms with van der Waals surface area (Å²) in [4.78, 5) is 15.6. The van der Waals surface area contributed by atoms with Crippen molar-refractivity contribution in [2.75, 3.05) is 19.5 Å². The summed E-state index contributed by atoms with van der Waals surface area (Å²) >= 11 is 0. The number of anilines is 1. The molecule has 112 valence electrons. The standard InChI is InChI=1S/C17H16N2O3/c1-21-12-5-3-4-11(8-12)19-17(20)15-10-18-16-7-6-13(22-2)9-14(15)16/h3-10,18H,1-2H3,(H,19,20). The van der Waals surface area contributed by atoms with Crippen LogP contribution in [0.15, 0.2) is 48.7 Å². The fourth-order valence-electron chi connectivity index (χ4n) is 2.31. The third kappa shape index (κ3) is 2.61. The van der Waals surface area contributed by atoms with Gasteiger partial charge in [-0.2, -0.15) is 0 Å². The van der Waals surface area contributed by atoms with Crippen LogP contribution in [0.5, 0.6) is 11.5 Å². The van der Waals surface area contributed by atoms with Crippen molar-refractivity contribution in [3.63, 3.8) is 0 Å². The lowest BCUT2D eigenvalue weighted by Gasteiger charge is -2.06. The van der Waals surface area contributed by atoms with Gasteiger partial charge in [0.2, 0.25) is 0 Å². The Hall–Kier alpha value is -2.95. The number of carbonyl (C=O) groups is 1. The Balaban J connectivity index is 1.91. The van der Waals surface area contributed by atoms with E-state index in [1.165, 1.54) is 0 Å². The van der Waals surface area contributed by atoms with Crippen LogP contribution in [-0.4, -0.2) is 25.1 Å². The molecule has 0 aliphatic carbocycles. The maximum absolute atomic E-state index is 12.5. The summed E-state index contributed by atoms with van der Waals surface area (Å²) in [5, 5.41) is 3.69. The number of benzene rings is 2. The van der Waals surface area contributed by atoms with Gasteiger partial charge in [-0.05, 0) is 30.3 Å². The van der Waals surface area contributed by atoms with Crippen molar-refractivity contribution in [1.29, 1.82) is 0 Å². The first-order chi connectivity index (χ1) is 10.7. The molecule has 0 aliphatic heterocycles. The number of methoxy groups -OCH3 is 2. The van der Waals surface area contributed by atoms with Crippen molar-refractivity contribution in [2.24, 2.45) is 0 Å². The van der Waals surface area contributed by atoms with E-state index in [4.69, 9.17) is 9.47 Å². The van der Waals surface area contributed by atoms with E-state index >= 15 is 0 Å². The molecule has 0 spiro atoms. The summed E-state index contributed by atoms with van der Waals surface area (Å²) < 4.78 is 10.4. The molecule has 2 aromatic carbocycles. The third-order valence-corrected chi connectivity index (χ3v) is 3.46. The van der Waals surface area contributed by atoms with Gasteiger partial charge in [0.25, 0.3) is 5.91 Å². The molecule has 5 nitrogen and oxygen atoms in total. The Kier molecular flexibility index (Phi) is 3.70. The van der Waals surface area contributed by atoms with Crippen molar-refractivity contribution >= 4 is 22.5 Å². The molecule has 2 N–H and O–H groups in total. The number of aromatic amines is 1. The minimum absolute atomic E-state index is 0.187. The second-order valence-corrected chi connectivity index (χ2v) is 4.80. The molecule has 0 fully saturated rings. The second-order valence-electron chi connectivity index (χ2n) is 4.80. The molecule has 1 aromatic heterocycles. The van der Waals surface area contributed by atoms with E-state index in [0.29, 0.717) is 22.7 Å². The third-order valence-electron chi connectivity index (χ3n) is 3.46. The molecule has 1 amide bonds. The Bertz CT molecular complexity index is 824. The summed E-state index contributed by atoms with van der Waals surface area (Å²) in [6.45, 7) is 0. The van der Waals surface area contributed by atoms with E-state index in [-0.39, 0.29) is 5.91 Å². The molecule has 5 heteroatoms. The number of ether oxygens (including phenoxy) is 2. The Labute approximate surface area is 127 Å². The van der Waals surface area contributed by atoms with E-state index in [9.17, 15) is 4.79 Å². The van der Waals surface area contributed by atoms with E-state index < -0.39 is 0 Å². The van der Waals surface area contributed by atoms with Crippen molar-refractivity contribution in [3.8, 4) is 11.5 Å². The summed E-state index contributed by atoms with van der Waals surface area (Å²) in [6.07, 6.45) is 1.69. The zero-order valence-electron chi connectivity index (χ0n) is 12.3. The number of hydrogen-bond donors (Lipinski definition) is 2. The SMILES string of the molecule is COc1cccc(NC(=O)c2c[nH]c3ccc(OC)cc23)c1. The predicted octanol–water partition coefficient (Wildman–Crippen LogP) is 3.44. The highest BCUT2D eigenvalue weighted by Gasteiger charge is 2.13. The van der Waals surface area contributed by atoms with Crippen molar-refractivity contribution in [3.05, 3.63) is 54.2 Å². The first kappa shape index (κ1) is 14.0. The van der Waals surface area contributed by atoms with Gasteiger partial charge in [0.05, 0.1) is 19.8 Å². The minimum atomic E-state index is -0.187. The van der Waals surface area contributed by atoms with E-state index in [2.05, 4.69) is 10.3 Å². The van der Waals surface area contributed by atoms with Gasteiger partial charge in [0.1, 0.15) is 11.5 Å². The molecule has 0 atom stereocenters. The summed E-state index contributed by atoms with van der Waals surface area (Å²) in [7, 11) is 3.19. The number of aromatic nitrogens is 1. The maximum atomic E-state index is 12.5. The van der Waals surface area contributed by atoms with Gasteiger partial charge in [-0.3, -0.25) is 4.79 Å². The van der Waals surface area contributed by atoms with Crippen molar-refractivity contribution in [1.82, 2.24) is 4.98 Å². The number of amides is 1. The van der Waals surface area contributed by atoms with Crippen LogP contribution in [0.1, 0.15) is 10.4 Å². The molecule has 0 unspecified atom stereocenters. The number of H-pyrrole nitrogens is 1. The monoisotopic (exact) mass is 296 g/mol. The fraction of sp³-hybridized carbons (Fsp3) is 0.118. The number of fused-ring (bicyclic) bond motifs is 1. The van der Waals surface area contributed by atoms with Crippen LogP contribution in [0.3, 0.4) is 0 Å². The van der Waals surface area contributed by atoms with Crippen LogP contribution in [-0.2, 0) is 0 Å². The van der Waals surface area contributed by atoms with Gasteiger partial charge in [-0.1, -0.05) is 6.07 Å². The number of carbonyl (C=O) groups excluding carboxylic acids is 1. The molecule has 0 aliphatic rings. The predicted molar refractivity (Wildman–Crippen MR) is 85.8 cm³/mol. The van der Waals surface area contributed by atoms with Gasteiger partial charge in [-0.25, -0.2) is 0 Å². The molecule has 0 saturated carbocycles. The topological polar surface area (TPSA) is 63.3 Å². The van der Waals surface area contributed by atoms with Crippen LogP contribution in [0, 0.1) is 0 Å². The molecule has 1 heterocycles. The van der Waals surface area contributed by atoms with Crippen LogP contribution in [0.2, 0.25) is 0 Å². The molecule has 0 saturated heterocycles. The largest absolute Gasteiger partial charge is 0.497 e. The number of rotatable bonds is 4. The number of nitrogens with one attached hydrogen (secondary N) is 2. The molecule has 22 heavy (non-hydrogen) atoms. The van der Waals surface area contributed by atoms with Crippen molar-refractivity contribution < 1.29 is 14.3 Å². The highest BCUT2D eigenvalue weighted by molar-refractivity contribution is 6.13. The quantitative estimate of drug-likeness (QED) is 0.775. The van der Waals surface area contributed by atoms with Crippen LogP contribution >= 0.6 is 0 Å². The fourth-order valence-corrected chi connectivity index (χ4v) is 2.31. The van der Waals surface area contributed by atoms with Crippen LogP contribution in [0.25, 0.3) is 10.9 Å².